The van der Waals surface area contributed by atoms with Crippen molar-refractivity contribution < 1.29 is 9.90 Å². The molecule has 3 nitrogen and oxygen atoms in total. The summed E-state index contributed by atoms with van der Waals surface area (Å²) in [5, 5.41) is 10.1. The molecule has 142 valence electrons. The molecular weight excluding hydrogens is 334 g/mol. The number of carbonyl (C=O) groups is 1. The van der Waals surface area contributed by atoms with E-state index in [9.17, 15) is 9.90 Å². The number of benzene rings is 2. The number of piperidine rings is 1. The largest absolute Gasteiger partial charge is 0.396 e. The number of hydrogen-bond acceptors (Lipinski definition) is 2. The molecule has 0 bridgehead atoms. The minimum Gasteiger partial charge on any atom is -0.396 e. The summed E-state index contributed by atoms with van der Waals surface area (Å²) in [5.41, 5.74) is 2.87. The molecule has 1 saturated heterocycles. The Hall–Kier alpha value is -2.39. The average Bonchev–Trinajstić information content (AvgIpc) is 2.74. The fourth-order valence-corrected chi connectivity index (χ4v) is 4.05. The summed E-state index contributed by atoms with van der Waals surface area (Å²) in [7, 11) is 0. The topological polar surface area (TPSA) is 40.5 Å². The van der Waals surface area contributed by atoms with Gasteiger partial charge in [-0.15, -0.1) is 0 Å². The zero-order chi connectivity index (χ0) is 19.1. The number of aliphatic hydroxyl groups is 1. The maximum Gasteiger partial charge on any atom is 0.253 e. The lowest BCUT2D eigenvalue weighted by molar-refractivity contribution is 0.0216. The lowest BCUT2D eigenvalue weighted by Gasteiger charge is -2.42. The van der Waals surface area contributed by atoms with Crippen LogP contribution in [0.25, 0.3) is 6.08 Å². The van der Waals surface area contributed by atoms with E-state index in [-0.39, 0.29) is 17.9 Å². The predicted octanol–water partition coefficient (Wildman–Crippen LogP) is 4.57. The van der Waals surface area contributed by atoms with Crippen LogP contribution in [0.4, 0.5) is 0 Å². The lowest BCUT2D eigenvalue weighted by atomic mass is 9.76. The average molecular weight is 364 g/mol. The summed E-state index contributed by atoms with van der Waals surface area (Å²) >= 11 is 0. The molecule has 3 heteroatoms. The number of aryl methyl sites for hydroxylation is 1. The van der Waals surface area contributed by atoms with Crippen LogP contribution in [0.1, 0.15) is 47.2 Å². The first kappa shape index (κ1) is 19.4. The van der Waals surface area contributed by atoms with Crippen LogP contribution in [-0.4, -0.2) is 35.6 Å². The van der Waals surface area contributed by atoms with Gasteiger partial charge in [0.15, 0.2) is 0 Å². The number of hydrogen-bond donors (Lipinski definition) is 1. The van der Waals surface area contributed by atoms with Crippen LogP contribution in [-0.2, 0) is 6.42 Å². The van der Waals surface area contributed by atoms with Crippen LogP contribution in [0.2, 0.25) is 0 Å². The second kappa shape index (κ2) is 9.01. The number of nitrogens with zero attached hydrogens (tertiary/aromatic N) is 1. The Morgan fingerprint density at radius 1 is 1.15 bits per heavy atom. The van der Waals surface area contributed by atoms with Crippen LogP contribution in [0.3, 0.4) is 0 Å². The van der Waals surface area contributed by atoms with Gasteiger partial charge >= 0.3 is 0 Å². The van der Waals surface area contributed by atoms with Crippen molar-refractivity contribution in [3.05, 3.63) is 77.9 Å². The van der Waals surface area contributed by atoms with E-state index in [0.29, 0.717) is 12.1 Å². The maximum atomic E-state index is 12.9. The molecule has 1 fully saturated rings. The quantitative estimate of drug-likeness (QED) is 0.783. The molecule has 0 aromatic heterocycles. The molecule has 0 saturated carbocycles. The molecule has 27 heavy (non-hydrogen) atoms. The molecular formula is C24H29NO2. The molecule has 0 aliphatic carbocycles. The van der Waals surface area contributed by atoms with E-state index in [0.717, 1.165) is 44.2 Å². The number of amides is 1. The molecule has 0 radical (unpaired) electrons. The predicted molar refractivity (Wildman–Crippen MR) is 111 cm³/mol. The Kier molecular flexibility index (Phi) is 6.46. The Balaban J connectivity index is 1.62. The van der Waals surface area contributed by atoms with Gasteiger partial charge in [0.2, 0.25) is 0 Å². The molecule has 1 aliphatic rings. The van der Waals surface area contributed by atoms with E-state index >= 15 is 0 Å². The summed E-state index contributed by atoms with van der Waals surface area (Å²) in [6.07, 6.45) is 6.69. The first-order valence-corrected chi connectivity index (χ1v) is 9.82. The van der Waals surface area contributed by atoms with Crippen molar-refractivity contribution in [2.24, 2.45) is 5.41 Å². The summed E-state index contributed by atoms with van der Waals surface area (Å²) in [4.78, 5) is 14.8. The lowest BCUT2D eigenvalue weighted by Crippen LogP contribution is -2.48. The Bertz CT molecular complexity index is 754. The van der Waals surface area contributed by atoms with Gasteiger partial charge in [-0.2, -0.15) is 0 Å². The molecule has 1 heterocycles. The fraction of sp³-hybridized carbons (Fsp3) is 0.375. The maximum absolute atomic E-state index is 12.9. The molecule has 1 amide bonds. The SMILES string of the molecule is C=Cc1ccc(C(=O)N2CCC[C@@](CO)(CCCc3ccccc3)C2)cc1. The van der Waals surface area contributed by atoms with Crippen molar-refractivity contribution in [3.63, 3.8) is 0 Å². The van der Waals surface area contributed by atoms with E-state index in [1.807, 2.05) is 35.2 Å². The number of aliphatic hydroxyl groups excluding tert-OH is 1. The van der Waals surface area contributed by atoms with E-state index in [2.05, 4.69) is 30.8 Å². The van der Waals surface area contributed by atoms with Crippen LogP contribution in [0.15, 0.2) is 61.2 Å². The van der Waals surface area contributed by atoms with Crippen LogP contribution < -0.4 is 0 Å². The zero-order valence-electron chi connectivity index (χ0n) is 15.9. The van der Waals surface area contributed by atoms with Gasteiger partial charge in [0, 0.05) is 24.1 Å². The third-order valence-electron chi connectivity index (χ3n) is 5.69. The highest BCUT2D eigenvalue weighted by atomic mass is 16.3. The van der Waals surface area contributed by atoms with Crippen molar-refractivity contribution in [1.82, 2.24) is 4.90 Å². The third-order valence-corrected chi connectivity index (χ3v) is 5.69. The Labute approximate surface area is 162 Å². The monoisotopic (exact) mass is 363 g/mol. The first-order valence-electron chi connectivity index (χ1n) is 9.82. The highest BCUT2D eigenvalue weighted by molar-refractivity contribution is 5.94. The zero-order valence-corrected chi connectivity index (χ0v) is 15.9. The molecule has 2 aromatic carbocycles. The van der Waals surface area contributed by atoms with Gasteiger partial charge in [0.25, 0.3) is 5.91 Å². The molecule has 1 aliphatic heterocycles. The minimum atomic E-state index is -0.177. The van der Waals surface area contributed by atoms with E-state index < -0.39 is 0 Å². The number of rotatable bonds is 7. The number of likely N-dealkylation sites (tertiary alicyclic amines) is 1. The van der Waals surface area contributed by atoms with Gasteiger partial charge in [-0.25, -0.2) is 0 Å². The van der Waals surface area contributed by atoms with E-state index in [1.54, 1.807) is 6.08 Å². The highest BCUT2D eigenvalue weighted by Crippen LogP contribution is 2.35. The molecule has 2 aromatic rings. The van der Waals surface area contributed by atoms with Crippen molar-refractivity contribution in [2.75, 3.05) is 19.7 Å². The fourth-order valence-electron chi connectivity index (χ4n) is 4.05. The number of carbonyl (C=O) groups excluding carboxylic acids is 1. The first-order chi connectivity index (χ1) is 13.2. The summed E-state index contributed by atoms with van der Waals surface area (Å²) in [6, 6.07) is 18.0. The van der Waals surface area contributed by atoms with Gasteiger partial charge in [-0.05, 0) is 55.4 Å². The van der Waals surface area contributed by atoms with Gasteiger partial charge in [-0.3, -0.25) is 4.79 Å². The minimum absolute atomic E-state index is 0.0613. The summed E-state index contributed by atoms with van der Waals surface area (Å²) < 4.78 is 0. The normalized spacial score (nSPS) is 19.7. The van der Waals surface area contributed by atoms with Crippen LogP contribution >= 0.6 is 0 Å². The second-order valence-electron chi connectivity index (χ2n) is 7.65. The van der Waals surface area contributed by atoms with Gasteiger partial charge in [0.1, 0.15) is 0 Å². The van der Waals surface area contributed by atoms with Crippen LogP contribution in [0, 0.1) is 5.41 Å². The Morgan fingerprint density at radius 3 is 2.56 bits per heavy atom. The molecule has 0 spiro atoms. The van der Waals surface area contributed by atoms with Crippen LogP contribution in [0.5, 0.6) is 0 Å². The molecule has 1 atom stereocenters. The highest BCUT2D eigenvalue weighted by Gasteiger charge is 2.36. The van der Waals surface area contributed by atoms with Gasteiger partial charge in [-0.1, -0.05) is 55.1 Å². The molecule has 0 unspecified atom stereocenters. The van der Waals surface area contributed by atoms with Gasteiger partial charge in [0.05, 0.1) is 6.61 Å². The van der Waals surface area contributed by atoms with Crippen molar-refractivity contribution in [2.45, 2.75) is 32.1 Å². The molecule has 3 rings (SSSR count). The van der Waals surface area contributed by atoms with Crippen molar-refractivity contribution >= 4 is 12.0 Å². The van der Waals surface area contributed by atoms with Gasteiger partial charge < -0.3 is 10.0 Å². The van der Waals surface area contributed by atoms with E-state index in [4.69, 9.17) is 0 Å². The summed E-state index contributed by atoms with van der Waals surface area (Å²) in [5.74, 6) is 0.0613. The Morgan fingerprint density at radius 2 is 1.89 bits per heavy atom. The second-order valence-corrected chi connectivity index (χ2v) is 7.65. The molecule has 1 N–H and O–H groups in total. The smallest absolute Gasteiger partial charge is 0.253 e. The summed E-state index contributed by atoms with van der Waals surface area (Å²) in [6.45, 7) is 5.30. The van der Waals surface area contributed by atoms with E-state index in [1.165, 1.54) is 5.56 Å². The third kappa shape index (κ3) is 4.86. The van der Waals surface area contributed by atoms with Crippen molar-refractivity contribution in [3.8, 4) is 0 Å². The standard InChI is InChI=1S/C24H29NO2/c1-2-20-11-13-22(14-12-20)23(27)25-17-7-16-24(18-25,19-26)15-6-10-21-8-4-3-5-9-21/h2-5,8-9,11-14,26H,1,6-7,10,15-19H2/t24-/m0/s1. The van der Waals surface area contributed by atoms with Crippen molar-refractivity contribution in [1.29, 1.82) is 0 Å².